The zero-order valence-electron chi connectivity index (χ0n) is 9.78. The first-order chi connectivity index (χ1) is 6.94. The van der Waals surface area contributed by atoms with Gasteiger partial charge in [-0.2, -0.15) is 0 Å². The Kier molecular flexibility index (Phi) is 4.25. The highest BCUT2D eigenvalue weighted by atomic mass is 32.1. The van der Waals surface area contributed by atoms with E-state index in [0.29, 0.717) is 6.42 Å². The van der Waals surface area contributed by atoms with Crippen LogP contribution < -0.4 is 0 Å². The average molecular weight is 229 g/mol. The van der Waals surface area contributed by atoms with Crippen molar-refractivity contribution in [2.24, 2.45) is 0 Å². The fraction of sp³-hybridized carbons (Fsp3) is 0.727. The number of nitrogens with zero attached hydrogens (tertiary/aromatic N) is 1. The third kappa shape index (κ3) is 3.89. The van der Waals surface area contributed by atoms with E-state index in [4.69, 9.17) is 4.74 Å². The lowest BCUT2D eigenvalue weighted by Crippen LogP contribution is -2.23. The van der Waals surface area contributed by atoms with Gasteiger partial charge >= 0.3 is 0 Å². The minimum Gasteiger partial charge on any atom is -0.386 e. The number of rotatable bonds is 5. The molecule has 0 aromatic carbocycles. The van der Waals surface area contributed by atoms with Gasteiger partial charge in [0.05, 0.1) is 5.60 Å². The summed E-state index contributed by atoms with van der Waals surface area (Å²) in [6.45, 7) is 5.98. The van der Waals surface area contributed by atoms with Crippen molar-refractivity contribution in [3.63, 3.8) is 0 Å². The molecule has 1 unspecified atom stereocenters. The topological polar surface area (TPSA) is 42.4 Å². The first kappa shape index (κ1) is 12.6. The summed E-state index contributed by atoms with van der Waals surface area (Å²) in [6.07, 6.45) is 1.05. The van der Waals surface area contributed by atoms with Gasteiger partial charge in [0.2, 0.25) is 0 Å². The quantitative estimate of drug-likeness (QED) is 0.844. The van der Waals surface area contributed by atoms with Crippen LogP contribution >= 0.6 is 11.3 Å². The van der Waals surface area contributed by atoms with Gasteiger partial charge in [-0.05, 0) is 33.6 Å². The maximum Gasteiger partial charge on any atom is 0.121 e. The summed E-state index contributed by atoms with van der Waals surface area (Å²) in [5.74, 6) is 0. The summed E-state index contributed by atoms with van der Waals surface area (Å²) in [6, 6.07) is 0. The van der Waals surface area contributed by atoms with E-state index in [0.717, 1.165) is 17.1 Å². The predicted octanol–water partition coefficient (Wildman–Crippen LogP) is 2.69. The van der Waals surface area contributed by atoms with Gasteiger partial charge in [0.15, 0.2) is 0 Å². The van der Waals surface area contributed by atoms with E-state index in [-0.39, 0.29) is 5.60 Å². The monoisotopic (exact) mass is 229 g/mol. The molecule has 0 saturated carbocycles. The Bertz CT molecular complexity index is 309. The Hall–Kier alpha value is -0.450. The minimum absolute atomic E-state index is 0.173. The molecule has 0 spiro atoms. The summed E-state index contributed by atoms with van der Waals surface area (Å²) in [4.78, 5) is 4.26. The lowest BCUT2D eigenvalue weighted by Gasteiger charge is -2.23. The third-order valence-electron chi connectivity index (χ3n) is 2.49. The second-order valence-electron chi connectivity index (χ2n) is 4.35. The minimum atomic E-state index is -0.460. The number of hydrogen-bond donors (Lipinski definition) is 1. The standard InChI is InChI=1S/C11H19NO2S/c1-8-7-15-10(12-8)9(13)5-6-11(2,3)14-4/h7,9,13H,5-6H2,1-4H3. The molecule has 86 valence electrons. The van der Waals surface area contributed by atoms with E-state index in [1.165, 1.54) is 11.3 Å². The maximum absolute atomic E-state index is 9.89. The fourth-order valence-electron chi connectivity index (χ4n) is 1.24. The van der Waals surface area contributed by atoms with Crippen LogP contribution in [0.4, 0.5) is 0 Å². The number of methoxy groups -OCH3 is 1. The summed E-state index contributed by atoms with van der Waals surface area (Å²) < 4.78 is 5.30. The Morgan fingerprint density at radius 2 is 2.27 bits per heavy atom. The zero-order valence-corrected chi connectivity index (χ0v) is 10.6. The summed E-state index contributed by atoms with van der Waals surface area (Å²) in [5.41, 5.74) is 0.799. The summed E-state index contributed by atoms with van der Waals surface area (Å²) in [7, 11) is 1.69. The molecule has 0 fully saturated rings. The third-order valence-corrected chi connectivity index (χ3v) is 3.56. The SMILES string of the molecule is COC(C)(C)CCC(O)c1nc(C)cs1. The molecule has 0 aliphatic carbocycles. The molecular weight excluding hydrogens is 210 g/mol. The van der Waals surface area contributed by atoms with Gasteiger partial charge in [-0.1, -0.05) is 0 Å². The van der Waals surface area contributed by atoms with Crippen molar-refractivity contribution in [2.75, 3.05) is 7.11 Å². The smallest absolute Gasteiger partial charge is 0.121 e. The van der Waals surface area contributed by atoms with Crippen molar-refractivity contribution < 1.29 is 9.84 Å². The van der Waals surface area contributed by atoms with Crippen molar-refractivity contribution in [3.8, 4) is 0 Å². The molecule has 0 amide bonds. The molecular formula is C11H19NO2S. The second kappa shape index (κ2) is 5.05. The first-order valence-electron chi connectivity index (χ1n) is 5.10. The van der Waals surface area contributed by atoms with Gasteiger partial charge in [0, 0.05) is 18.2 Å². The van der Waals surface area contributed by atoms with Crippen molar-refractivity contribution in [2.45, 2.75) is 45.3 Å². The van der Waals surface area contributed by atoms with Crippen LogP contribution in [-0.2, 0) is 4.74 Å². The molecule has 0 aliphatic rings. The molecule has 1 atom stereocenters. The number of hydrogen-bond acceptors (Lipinski definition) is 4. The van der Waals surface area contributed by atoms with E-state index in [1.54, 1.807) is 7.11 Å². The van der Waals surface area contributed by atoms with Crippen molar-refractivity contribution in [1.82, 2.24) is 4.98 Å². The van der Waals surface area contributed by atoms with Crippen LogP contribution in [0.2, 0.25) is 0 Å². The van der Waals surface area contributed by atoms with Crippen LogP contribution in [-0.4, -0.2) is 22.8 Å². The Morgan fingerprint density at radius 1 is 1.60 bits per heavy atom. The molecule has 15 heavy (non-hydrogen) atoms. The molecule has 1 aromatic rings. The summed E-state index contributed by atoms with van der Waals surface area (Å²) >= 11 is 1.51. The number of aliphatic hydroxyl groups excluding tert-OH is 1. The maximum atomic E-state index is 9.89. The van der Waals surface area contributed by atoms with Crippen molar-refractivity contribution in [3.05, 3.63) is 16.1 Å². The Morgan fingerprint density at radius 3 is 2.73 bits per heavy atom. The van der Waals surface area contributed by atoms with Gasteiger partial charge < -0.3 is 9.84 Å². The van der Waals surface area contributed by atoms with E-state index in [9.17, 15) is 5.11 Å². The number of thiazole rings is 1. The molecule has 1 aromatic heterocycles. The lowest BCUT2D eigenvalue weighted by molar-refractivity contribution is 0.00276. The second-order valence-corrected chi connectivity index (χ2v) is 5.24. The van der Waals surface area contributed by atoms with E-state index < -0.39 is 6.10 Å². The lowest BCUT2D eigenvalue weighted by atomic mass is 10.0. The Balaban J connectivity index is 2.46. The average Bonchev–Trinajstić information content (AvgIpc) is 2.61. The highest BCUT2D eigenvalue weighted by molar-refractivity contribution is 7.09. The van der Waals surface area contributed by atoms with E-state index >= 15 is 0 Å². The van der Waals surface area contributed by atoms with Gasteiger partial charge in [-0.25, -0.2) is 4.98 Å². The molecule has 0 bridgehead atoms. The van der Waals surface area contributed by atoms with Gasteiger partial charge in [-0.3, -0.25) is 0 Å². The largest absolute Gasteiger partial charge is 0.386 e. The molecule has 3 nitrogen and oxygen atoms in total. The summed E-state index contributed by atoms with van der Waals surface area (Å²) in [5, 5.41) is 12.6. The number of aryl methyl sites for hydroxylation is 1. The molecule has 1 heterocycles. The van der Waals surface area contributed by atoms with Crippen LogP contribution in [0, 0.1) is 6.92 Å². The predicted molar refractivity (Wildman–Crippen MR) is 62.1 cm³/mol. The molecule has 0 aliphatic heterocycles. The van der Waals surface area contributed by atoms with Crippen LogP contribution in [0.15, 0.2) is 5.38 Å². The zero-order chi connectivity index (χ0) is 11.5. The van der Waals surface area contributed by atoms with Crippen LogP contribution in [0.5, 0.6) is 0 Å². The number of aromatic nitrogens is 1. The highest BCUT2D eigenvalue weighted by Crippen LogP contribution is 2.26. The first-order valence-corrected chi connectivity index (χ1v) is 5.98. The Labute approximate surface area is 95.1 Å². The molecule has 4 heteroatoms. The fourth-order valence-corrected chi connectivity index (χ4v) is 2.05. The molecule has 1 rings (SSSR count). The van der Waals surface area contributed by atoms with Crippen LogP contribution in [0.3, 0.4) is 0 Å². The van der Waals surface area contributed by atoms with Crippen molar-refractivity contribution in [1.29, 1.82) is 0 Å². The van der Waals surface area contributed by atoms with E-state index in [1.807, 2.05) is 26.2 Å². The molecule has 0 saturated heterocycles. The van der Waals surface area contributed by atoms with Crippen LogP contribution in [0.25, 0.3) is 0 Å². The van der Waals surface area contributed by atoms with Gasteiger partial charge in [0.1, 0.15) is 11.1 Å². The normalized spacial score (nSPS) is 14.2. The molecule has 1 N–H and O–H groups in total. The van der Waals surface area contributed by atoms with Gasteiger partial charge in [0.25, 0.3) is 0 Å². The van der Waals surface area contributed by atoms with E-state index in [2.05, 4.69) is 4.98 Å². The number of ether oxygens (including phenoxy) is 1. The van der Waals surface area contributed by atoms with Crippen molar-refractivity contribution >= 4 is 11.3 Å². The number of aliphatic hydroxyl groups is 1. The highest BCUT2D eigenvalue weighted by Gasteiger charge is 2.20. The van der Waals surface area contributed by atoms with Crippen LogP contribution in [0.1, 0.15) is 43.5 Å². The molecule has 0 radical (unpaired) electrons. The van der Waals surface area contributed by atoms with Gasteiger partial charge in [-0.15, -0.1) is 11.3 Å².